The molecular formula is C24H29ClN2O4. The Morgan fingerprint density at radius 1 is 1.10 bits per heavy atom. The molecule has 1 aliphatic rings. The highest BCUT2D eigenvalue weighted by Gasteiger charge is 2.27. The highest BCUT2D eigenvalue weighted by molar-refractivity contribution is 6.32. The van der Waals surface area contributed by atoms with Crippen LogP contribution in [0.2, 0.25) is 5.02 Å². The molecule has 1 N–H and O–H groups in total. The SMILES string of the molecule is CC(C)COc1ccc(NC(=O)C2CCN(C(=O)COc3ccccc3)CC2)cc1Cl. The number of piperidine rings is 1. The maximum atomic E-state index is 12.7. The molecule has 7 heteroatoms. The van der Waals surface area contributed by atoms with E-state index in [1.54, 1.807) is 23.1 Å². The van der Waals surface area contributed by atoms with E-state index < -0.39 is 0 Å². The van der Waals surface area contributed by atoms with Crippen molar-refractivity contribution in [2.75, 3.05) is 31.6 Å². The van der Waals surface area contributed by atoms with Gasteiger partial charge in [0.15, 0.2) is 6.61 Å². The smallest absolute Gasteiger partial charge is 0.260 e. The summed E-state index contributed by atoms with van der Waals surface area (Å²) in [6.07, 6.45) is 1.23. The number of rotatable bonds is 8. The fraction of sp³-hybridized carbons (Fsp3) is 0.417. The summed E-state index contributed by atoms with van der Waals surface area (Å²) in [5.74, 6) is 1.42. The van der Waals surface area contributed by atoms with Gasteiger partial charge in [0, 0.05) is 24.7 Å². The van der Waals surface area contributed by atoms with Crippen LogP contribution >= 0.6 is 11.6 Å². The molecule has 0 atom stereocenters. The quantitative estimate of drug-likeness (QED) is 0.644. The van der Waals surface area contributed by atoms with Crippen LogP contribution in [-0.2, 0) is 9.59 Å². The summed E-state index contributed by atoms with van der Waals surface area (Å²) < 4.78 is 11.2. The zero-order valence-corrected chi connectivity index (χ0v) is 18.7. The fourth-order valence-corrected chi connectivity index (χ4v) is 3.58. The van der Waals surface area contributed by atoms with Crippen LogP contribution < -0.4 is 14.8 Å². The van der Waals surface area contributed by atoms with Crippen molar-refractivity contribution < 1.29 is 19.1 Å². The minimum atomic E-state index is -0.144. The lowest BCUT2D eigenvalue weighted by Crippen LogP contribution is -2.43. The van der Waals surface area contributed by atoms with Crippen molar-refractivity contribution in [1.82, 2.24) is 4.90 Å². The summed E-state index contributed by atoms with van der Waals surface area (Å²) in [6, 6.07) is 14.5. The molecule has 0 spiro atoms. The third kappa shape index (κ3) is 6.89. The van der Waals surface area contributed by atoms with Crippen LogP contribution in [0.4, 0.5) is 5.69 Å². The second-order valence-electron chi connectivity index (χ2n) is 8.10. The van der Waals surface area contributed by atoms with E-state index in [2.05, 4.69) is 19.2 Å². The predicted octanol–water partition coefficient (Wildman–Crippen LogP) is 4.63. The number of halogens is 1. The molecule has 1 fully saturated rings. The molecule has 2 aromatic carbocycles. The summed E-state index contributed by atoms with van der Waals surface area (Å²) in [4.78, 5) is 26.8. The zero-order chi connectivity index (χ0) is 22.2. The Bertz CT molecular complexity index is 880. The largest absolute Gasteiger partial charge is 0.492 e. The average Bonchev–Trinajstić information content (AvgIpc) is 2.77. The van der Waals surface area contributed by atoms with Gasteiger partial charge in [0.05, 0.1) is 11.6 Å². The van der Waals surface area contributed by atoms with Crippen molar-refractivity contribution >= 4 is 29.1 Å². The molecule has 0 aromatic heterocycles. The van der Waals surface area contributed by atoms with Gasteiger partial charge in [-0.3, -0.25) is 9.59 Å². The van der Waals surface area contributed by atoms with Crippen LogP contribution in [0.15, 0.2) is 48.5 Å². The summed E-state index contributed by atoms with van der Waals surface area (Å²) in [5, 5.41) is 3.40. The Balaban J connectivity index is 1.44. The summed E-state index contributed by atoms with van der Waals surface area (Å²) in [6.45, 7) is 5.80. The Morgan fingerprint density at radius 2 is 1.81 bits per heavy atom. The lowest BCUT2D eigenvalue weighted by atomic mass is 9.95. The lowest BCUT2D eigenvalue weighted by Gasteiger charge is -2.31. The van der Waals surface area contributed by atoms with Crippen LogP contribution in [0, 0.1) is 11.8 Å². The van der Waals surface area contributed by atoms with Gasteiger partial charge < -0.3 is 19.7 Å². The molecule has 1 heterocycles. The van der Waals surface area contributed by atoms with Gasteiger partial charge in [-0.05, 0) is 49.1 Å². The van der Waals surface area contributed by atoms with E-state index >= 15 is 0 Å². The number of benzene rings is 2. The van der Waals surface area contributed by atoms with E-state index in [9.17, 15) is 9.59 Å². The number of anilines is 1. The first-order valence-electron chi connectivity index (χ1n) is 10.6. The number of amides is 2. The normalized spacial score (nSPS) is 14.4. The van der Waals surface area contributed by atoms with Gasteiger partial charge >= 0.3 is 0 Å². The molecule has 166 valence electrons. The molecular weight excluding hydrogens is 416 g/mol. The van der Waals surface area contributed by atoms with Gasteiger partial charge in [-0.15, -0.1) is 0 Å². The van der Waals surface area contributed by atoms with Crippen molar-refractivity contribution in [2.45, 2.75) is 26.7 Å². The molecule has 2 amide bonds. The van der Waals surface area contributed by atoms with Crippen molar-refractivity contribution in [3.05, 3.63) is 53.6 Å². The Hall–Kier alpha value is -2.73. The maximum Gasteiger partial charge on any atom is 0.260 e. The molecule has 1 aliphatic heterocycles. The molecule has 0 radical (unpaired) electrons. The zero-order valence-electron chi connectivity index (χ0n) is 18.0. The van der Waals surface area contributed by atoms with Crippen LogP contribution in [0.5, 0.6) is 11.5 Å². The molecule has 0 saturated carbocycles. The van der Waals surface area contributed by atoms with Crippen molar-refractivity contribution in [3.8, 4) is 11.5 Å². The number of hydrogen-bond donors (Lipinski definition) is 1. The van der Waals surface area contributed by atoms with Crippen molar-refractivity contribution in [3.63, 3.8) is 0 Å². The highest BCUT2D eigenvalue weighted by atomic mass is 35.5. The van der Waals surface area contributed by atoms with Gasteiger partial charge in [-0.1, -0.05) is 43.6 Å². The van der Waals surface area contributed by atoms with Gasteiger partial charge in [0.1, 0.15) is 11.5 Å². The average molecular weight is 445 g/mol. The molecule has 3 rings (SSSR count). The minimum absolute atomic E-state index is 0.00457. The molecule has 1 saturated heterocycles. The van der Waals surface area contributed by atoms with Crippen molar-refractivity contribution in [2.24, 2.45) is 11.8 Å². The van der Waals surface area contributed by atoms with E-state index in [4.69, 9.17) is 21.1 Å². The number of carbonyl (C=O) groups excluding carboxylic acids is 2. The number of likely N-dealkylation sites (tertiary alicyclic amines) is 1. The number of hydrogen-bond acceptors (Lipinski definition) is 4. The first-order valence-corrected chi connectivity index (χ1v) is 11.0. The minimum Gasteiger partial charge on any atom is -0.492 e. The second-order valence-corrected chi connectivity index (χ2v) is 8.50. The third-order valence-corrected chi connectivity index (χ3v) is 5.39. The Morgan fingerprint density at radius 3 is 2.45 bits per heavy atom. The maximum absolute atomic E-state index is 12.7. The summed E-state index contributed by atoms with van der Waals surface area (Å²) >= 11 is 6.28. The summed E-state index contributed by atoms with van der Waals surface area (Å²) in [7, 11) is 0. The van der Waals surface area contributed by atoms with E-state index in [-0.39, 0.29) is 24.3 Å². The van der Waals surface area contributed by atoms with Gasteiger partial charge in [-0.2, -0.15) is 0 Å². The molecule has 0 bridgehead atoms. The molecule has 31 heavy (non-hydrogen) atoms. The molecule has 2 aromatic rings. The topological polar surface area (TPSA) is 67.9 Å². The van der Waals surface area contributed by atoms with Gasteiger partial charge in [-0.25, -0.2) is 0 Å². The molecule has 0 unspecified atom stereocenters. The molecule has 6 nitrogen and oxygen atoms in total. The summed E-state index contributed by atoms with van der Waals surface area (Å²) in [5.41, 5.74) is 0.640. The Kier molecular flexibility index (Phi) is 8.18. The van der Waals surface area contributed by atoms with Crippen LogP contribution in [0.25, 0.3) is 0 Å². The number of para-hydroxylation sites is 1. The van der Waals surface area contributed by atoms with Gasteiger partial charge in [0.25, 0.3) is 5.91 Å². The monoisotopic (exact) mass is 444 g/mol. The standard InChI is InChI=1S/C24H29ClN2O4/c1-17(2)15-31-22-9-8-19(14-21(22)25)26-24(29)18-10-12-27(13-11-18)23(28)16-30-20-6-4-3-5-7-20/h3-9,14,17-18H,10-13,15-16H2,1-2H3,(H,26,29). The first-order chi connectivity index (χ1) is 14.9. The van der Waals surface area contributed by atoms with E-state index in [1.807, 2.05) is 30.3 Å². The van der Waals surface area contributed by atoms with Crippen LogP contribution in [-0.4, -0.2) is 43.0 Å². The van der Waals surface area contributed by atoms with E-state index in [1.165, 1.54) is 0 Å². The van der Waals surface area contributed by atoms with E-state index in [0.717, 1.165) is 0 Å². The predicted molar refractivity (Wildman–Crippen MR) is 122 cm³/mol. The molecule has 0 aliphatic carbocycles. The highest BCUT2D eigenvalue weighted by Crippen LogP contribution is 2.29. The Labute approximate surface area is 188 Å². The number of ether oxygens (including phenoxy) is 2. The third-order valence-electron chi connectivity index (χ3n) is 5.10. The lowest BCUT2D eigenvalue weighted by molar-refractivity contribution is -0.136. The number of nitrogens with one attached hydrogen (secondary N) is 1. The first kappa shape index (κ1) is 22.9. The number of nitrogens with zero attached hydrogens (tertiary/aromatic N) is 1. The van der Waals surface area contributed by atoms with Crippen LogP contribution in [0.1, 0.15) is 26.7 Å². The van der Waals surface area contributed by atoms with Crippen molar-refractivity contribution in [1.29, 1.82) is 0 Å². The van der Waals surface area contributed by atoms with Gasteiger partial charge in [0.2, 0.25) is 5.91 Å². The second kappa shape index (κ2) is 11.0. The van der Waals surface area contributed by atoms with E-state index in [0.29, 0.717) is 60.7 Å². The number of carbonyl (C=O) groups is 2. The van der Waals surface area contributed by atoms with Crippen LogP contribution in [0.3, 0.4) is 0 Å². The fourth-order valence-electron chi connectivity index (χ4n) is 3.34.